The van der Waals surface area contributed by atoms with Crippen molar-refractivity contribution >= 4 is 5.78 Å². The number of aliphatic hydroxyl groups excluding tert-OH is 1. The monoisotopic (exact) mass is 334 g/mol. The minimum atomic E-state index is -0.542. The predicted octanol–water partition coefficient (Wildman–Crippen LogP) is 3.57. The van der Waals surface area contributed by atoms with Gasteiger partial charge in [0.1, 0.15) is 5.78 Å². The van der Waals surface area contributed by atoms with E-state index in [1.54, 1.807) is 0 Å². The van der Waals surface area contributed by atoms with Crippen molar-refractivity contribution in [2.75, 3.05) is 6.61 Å². The van der Waals surface area contributed by atoms with Crippen LogP contribution in [-0.2, 0) is 4.79 Å². The highest BCUT2D eigenvalue weighted by Crippen LogP contribution is 2.68. The average Bonchev–Trinajstić information content (AvgIpc) is 2.77. The standard InChI is InChI=1S/C21H34O3/c1-13-10-15(23)11-14-4-5-16-17-7-9-20(3,24)19(17,2)8-6-18(16)21(13,14)12-22/h13-14,16-18,22,24H,4-12H2,1-3H3/t13?,14?,16-,17-,18+,19-,20?,21-/m0/s1. The summed E-state index contributed by atoms with van der Waals surface area (Å²) in [6.07, 6.45) is 7.85. The Labute approximate surface area is 146 Å². The number of aliphatic hydroxyl groups is 2. The number of ketones is 1. The quantitative estimate of drug-likeness (QED) is 0.771. The topological polar surface area (TPSA) is 57.5 Å². The molecule has 3 unspecified atom stereocenters. The summed E-state index contributed by atoms with van der Waals surface area (Å²) in [6.45, 7) is 6.81. The molecule has 4 aliphatic rings. The van der Waals surface area contributed by atoms with Crippen molar-refractivity contribution in [3.63, 3.8) is 0 Å². The predicted molar refractivity (Wildman–Crippen MR) is 93.3 cm³/mol. The van der Waals surface area contributed by atoms with Crippen LogP contribution in [0.25, 0.3) is 0 Å². The van der Waals surface area contributed by atoms with Gasteiger partial charge < -0.3 is 10.2 Å². The molecule has 3 nitrogen and oxygen atoms in total. The summed E-state index contributed by atoms with van der Waals surface area (Å²) in [7, 11) is 0. The van der Waals surface area contributed by atoms with Gasteiger partial charge in [-0.05, 0) is 80.5 Å². The van der Waals surface area contributed by atoms with Crippen LogP contribution in [0.15, 0.2) is 0 Å². The van der Waals surface area contributed by atoms with Crippen LogP contribution >= 0.6 is 0 Å². The first-order valence-electron chi connectivity index (χ1n) is 10.1. The van der Waals surface area contributed by atoms with Gasteiger partial charge in [0, 0.05) is 24.9 Å². The summed E-state index contributed by atoms with van der Waals surface area (Å²) in [5, 5.41) is 21.5. The molecule has 0 amide bonds. The second-order valence-corrected chi connectivity index (χ2v) is 10.0. The van der Waals surface area contributed by atoms with Gasteiger partial charge >= 0.3 is 0 Å². The molecule has 0 bridgehead atoms. The van der Waals surface area contributed by atoms with Crippen LogP contribution in [0, 0.1) is 40.4 Å². The van der Waals surface area contributed by atoms with Crippen molar-refractivity contribution in [2.45, 2.75) is 77.7 Å². The number of carbonyl (C=O) groups is 1. The number of carbonyl (C=O) groups excluding carboxylic acids is 1. The SMILES string of the molecule is CC1CC(=O)CC2CC[C@@H]3[C@@H](CC[C@@]4(C)[C@H]3CCC4(C)O)[C@@]12CO. The zero-order chi connectivity index (χ0) is 17.3. The van der Waals surface area contributed by atoms with Crippen molar-refractivity contribution in [1.82, 2.24) is 0 Å². The highest BCUT2D eigenvalue weighted by molar-refractivity contribution is 5.80. The van der Waals surface area contributed by atoms with Crippen molar-refractivity contribution in [3.05, 3.63) is 0 Å². The first kappa shape index (κ1) is 17.0. The third-order valence-electron chi connectivity index (χ3n) is 9.50. The molecule has 136 valence electrons. The van der Waals surface area contributed by atoms with Gasteiger partial charge in [0.15, 0.2) is 0 Å². The first-order chi connectivity index (χ1) is 11.3. The summed E-state index contributed by atoms with van der Waals surface area (Å²) < 4.78 is 0. The van der Waals surface area contributed by atoms with Gasteiger partial charge in [0.05, 0.1) is 5.60 Å². The molecule has 4 aliphatic carbocycles. The summed E-state index contributed by atoms with van der Waals surface area (Å²) >= 11 is 0. The molecule has 4 rings (SSSR count). The van der Waals surface area contributed by atoms with E-state index in [4.69, 9.17) is 0 Å². The van der Waals surface area contributed by atoms with E-state index in [2.05, 4.69) is 13.8 Å². The minimum absolute atomic E-state index is 0.0331. The highest BCUT2D eigenvalue weighted by atomic mass is 16.3. The van der Waals surface area contributed by atoms with Crippen LogP contribution in [0.2, 0.25) is 0 Å². The van der Waals surface area contributed by atoms with Gasteiger partial charge in [0.2, 0.25) is 0 Å². The Morgan fingerprint density at radius 3 is 2.46 bits per heavy atom. The average molecular weight is 335 g/mol. The molecule has 0 heterocycles. The van der Waals surface area contributed by atoms with E-state index in [0.717, 1.165) is 32.1 Å². The van der Waals surface area contributed by atoms with E-state index in [0.29, 0.717) is 48.2 Å². The molecule has 0 aliphatic heterocycles. The van der Waals surface area contributed by atoms with E-state index in [1.807, 2.05) is 6.92 Å². The normalized spacial score (nSPS) is 57.2. The Balaban J connectivity index is 1.71. The number of hydrogen-bond donors (Lipinski definition) is 2. The molecule has 0 aromatic rings. The lowest BCUT2D eigenvalue weighted by molar-refractivity contribution is -0.182. The molecule has 0 spiro atoms. The molecule has 24 heavy (non-hydrogen) atoms. The van der Waals surface area contributed by atoms with Gasteiger partial charge in [0.25, 0.3) is 0 Å². The minimum Gasteiger partial charge on any atom is -0.396 e. The van der Waals surface area contributed by atoms with Crippen LogP contribution < -0.4 is 0 Å². The summed E-state index contributed by atoms with van der Waals surface area (Å²) in [5.41, 5.74) is -0.558. The molecular weight excluding hydrogens is 300 g/mol. The van der Waals surface area contributed by atoms with Crippen LogP contribution in [-0.4, -0.2) is 28.2 Å². The molecule has 4 fully saturated rings. The second-order valence-electron chi connectivity index (χ2n) is 10.0. The Morgan fingerprint density at radius 2 is 1.75 bits per heavy atom. The molecule has 0 aromatic carbocycles. The molecule has 0 saturated heterocycles. The number of rotatable bonds is 1. The fraction of sp³-hybridized carbons (Fsp3) is 0.952. The van der Waals surface area contributed by atoms with E-state index in [1.165, 1.54) is 6.42 Å². The molecule has 2 N–H and O–H groups in total. The zero-order valence-corrected chi connectivity index (χ0v) is 15.6. The molecule has 0 aromatic heterocycles. The summed E-state index contributed by atoms with van der Waals surface area (Å²) in [5.74, 6) is 2.83. The van der Waals surface area contributed by atoms with Gasteiger partial charge in [-0.15, -0.1) is 0 Å². The largest absolute Gasteiger partial charge is 0.396 e. The maximum Gasteiger partial charge on any atom is 0.133 e. The third kappa shape index (κ3) is 1.95. The van der Waals surface area contributed by atoms with Crippen LogP contribution in [0.5, 0.6) is 0 Å². The zero-order valence-electron chi connectivity index (χ0n) is 15.6. The molecule has 8 atom stereocenters. The van der Waals surface area contributed by atoms with E-state index >= 15 is 0 Å². The van der Waals surface area contributed by atoms with Gasteiger partial charge in [-0.25, -0.2) is 0 Å². The van der Waals surface area contributed by atoms with Gasteiger partial charge in [-0.1, -0.05) is 13.8 Å². The Morgan fingerprint density at radius 1 is 1.04 bits per heavy atom. The Hall–Kier alpha value is -0.410. The number of fused-ring (bicyclic) bond motifs is 5. The van der Waals surface area contributed by atoms with Gasteiger partial charge in [-0.2, -0.15) is 0 Å². The second kappa shape index (κ2) is 5.30. The lowest BCUT2D eigenvalue weighted by atomic mass is 9.42. The van der Waals surface area contributed by atoms with Crippen LogP contribution in [0.1, 0.15) is 72.1 Å². The van der Waals surface area contributed by atoms with E-state index in [9.17, 15) is 15.0 Å². The molecule has 4 saturated carbocycles. The lowest BCUT2D eigenvalue weighted by Crippen LogP contribution is -2.60. The van der Waals surface area contributed by atoms with Gasteiger partial charge in [-0.3, -0.25) is 4.79 Å². The maximum absolute atomic E-state index is 12.2. The fourth-order valence-electron chi connectivity index (χ4n) is 7.92. The van der Waals surface area contributed by atoms with Crippen molar-refractivity contribution in [1.29, 1.82) is 0 Å². The summed E-state index contributed by atoms with van der Waals surface area (Å²) in [4.78, 5) is 12.2. The van der Waals surface area contributed by atoms with Crippen LogP contribution in [0.3, 0.4) is 0 Å². The molecule has 0 radical (unpaired) electrons. The smallest absolute Gasteiger partial charge is 0.133 e. The Kier molecular flexibility index (Phi) is 3.76. The molecule has 3 heteroatoms. The van der Waals surface area contributed by atoms with Crippen LogP contribution in [0.4, 0.5) is 0 Å². The van der Waals surface area contributed by atoms with Crippen molar-refractivity contribution < 1.29 is 15.0 Å². The number of Topliss-reactive ketones (excluding diaryl/α,β-unsaturated/α-hetero) is 1. The highest BCUT2D eigenvalue weighted by Gasteiger charge is 2.65. The fourth-order valence-corrected chi connectivity index (χ4v) is 7.92. The third-order valence-corrected chi connectivity index (χ3v) is 9.50. The van der Waals surface area contributed by atoms with E-state index in [-0.39, 0.29) is 17.4 Å². The lowest BCUT2D eigenvalue weighted by Gasteiger charge is -2.63. The van der Waals surface area contributed by atoms with Crippen molar-refractivity contribution in [2.24, 2.45) is 40.4 Å². The summed E-state index contributed by atoms with van der Waals surface area (Å²) in [6, 6.07) is 0. The first-order valence-corrected chi connectivity index (χ1v) is 10.1. The molecular formula is C21H34O3. The Bertz CT molecular complexity index is 541. The van der Waals surface area contributed by atoms with Crippen molar-refractivity contribution in [3.8, 4) is 0 Å². The maximum atomic E-state index is 12.2. The number of hydrogen-bond acceptors (Lipinski definition) is 3. The van der Waals surface area contributed by atoms with E-state index < -0.39 is 5.60 Å².